The van der Waals surface area contributed by atoms with E-state index in [-0.39, 0.29) is 53.0 Å². The maximum absolute atomic E-state index is 13.7. The number of carbonyl (C=O) groups is 3. The van der Waals surface area contributed by atoms with Gasteiger partial charge in [-0.05, 0) is 73.5 Å². The largest absolute Gasteiger partial charge is 0.469 e. The Bertz CT molecular complexity index is 731. The molecule has 0 aromatic rings. The standard InChI is InChI=1S/C25H38O5/c1-14(5-8-22(29)30-4)17-6-7-18-23-19(13-21(28)25(17,18)3)24(2)10-9-16(26)11-15(24)12-20(23)27/h14-19,23,26H,5-13H2,1-4H3/t14-,15+,16-,17-,18+,19+,23+,24+,25-/m1/s1. The van der Waals surface area contributed by atoms with Crippen LogP contribution in [0.15, 0.2) is 0 Å². The third-order valence-electron chi connectivity index (χ3n) is 10.1. The highest BCUT2D eigenvalue weighted by Crippen LogP contribution is 2.66. The number of hydrogen-bond acceptors (Lipinski definition) is 5. The first-order valence-electron chi connectivity index (χ1n) is 11.9. The van der Waals surface area contributed by atoms with Crippen molar-refractivity contribution < 1.29 is 24.2 Å². The lowest BCUT2D eigenvalue weighted by molar-refractivity contribution is -0.168. The van der Waals surface area contributed by atoms with Crippen LogP contribution in [0.3, 0.4) is 0 Å². The van der Waals surface area contributed by atoms with Crippen molar-refractivity contribution in [2.24, 2.45) is 46.3 Å². The molecule has 5 nitrogen and oxygen atoms in total. The second-order valence-corrected chi connectivity index (χ2v) is 11.2. The Morgan fingerprint density at radius 3 is 2.60 bits per heavy atom. The fourth-order valence-electron chi connectivity index (χ4n) is 8.22. The van der Waals surface area contributed by atoms with Gasteiger partial charge in [0.05, 0.1) is 13.2 Å². The summed E-state index contributed by atoms with van der Waals surface area (Å²) >= 11 is 0. The van der Waals surface area contributed by atoms with Crippen molar-refractivity contribution in [3.63, 3.8) is 0 Å². The van der Waals surface area contributed by atoms with E-state index in [4.69, 9.17) is 4.74 Å². The Morgan fingerprint density at radius 1 is 1.17 bits per heavy atom. The lowest BCUT2D eigenvalue weighted by Gasteiger charge is -2.59. The Labute approximate surface area is 180 Å². The van der Waals surface area contributed by atoms with Gasteiger partial charge in [0.25, 0.3) is 0 Å². The van der Waals surface area contributed by atoms with Gasteiger partial charge in [0.15, 0.2) is 0 Å². The van der Waals surface area contributed by atoms with E-state index in [9.17, 15) is 19.5 Å². The molecule has 4 aliphatic carbocycles. The molecule has 0 saturated heterocycles. The van der Waals surface area contributed by atoms with Crippen molar-refractivity contribution in [1.82, 2.24) is 0 Å². The Hall–Kier alpha value is -1.23. The monoisotopic (exact) mass is 418 g/mol. The molecule has 1 N–H and O–H groups in total. The van der Waals surface area contributed by atoms with Crippen molar-refractivity contribution in [2.75, 3.05) is 7.11 Å². The lowest BCUT2D eigenvalue weighted by Crippen LogP contribution is -2.60. The number of aliphatic hydroxyl groups excluding tert-OH is 1. The van der Waals surface area contributed by atoms with Crippen LogP contribution in [0.25, 0.3) is 0 Å². The van der Waals surface area contributed by atoms with Crippen molar-refractivity contribution in [2.45, 2.75) is 84.7 Å². The van der Waals surface area contributed by atoms with Gasteiger partial charge in [0.1, 0.15) is 11.6 Å². The molecule has 0 spiro atoms. The van der Waals surface area contributed by atoms with E-state index in [2.05, 4.69) is 20.8 Å². The van der Waals surface area contributed by atoms with E-state index in [0.717, 1.165) is 32.1 Å². The second kappa shape index (κ2) is 7.72. The highest BCUT2D eigenvalue weighted by molar-refractivity contribution is 5.92. The van der Waals surface area contributed by atoms with Gasteiger partial charge in [-0.15, -0.1) is 0 Å². The third-order valence-corrected chi connectivity index (χ3v) is 10.1. The molecule has 0 aromatic carbocycles. The predicted molar refractivity (Wildman–Crippen MR) is 112 cm³/mol. The van der Waals surface area contributed by atoms with Gasteiger partial charge in [-0.2, -0.15) is 0 Å². The molecule has 30 heavy (non-hydrogen) atoms. The highest BCUT2D eigenvalue weighted by atomic mass is 16.5. The third kappa shape index (κ3) is 3.18. The van der Waals surface area contributed by atoms with Gasteiger partial charge >= 0.3 is 5.97 Å². The van der Waals surface area contributed by atoms with Crippen LogP contribution in [0.5, 0.6) is 0 Å². The van der Waals surface area contributed by atoms with Gasteiger partial charge in [-0.3, -0.25) is 14.4 Å². The van der Waals surface area contributed by atoms with E-state index < -0.39 is 5.41 Å². The number of carbonyl (C=O) groups excluding carboxylic acids is 3. The molecule has 0 amide bonds. The van der Waals surface area contributed by atoms with Crippen LogP contribution in [-0.4, -0.2) is 35.9 Å². The maximum Gasteiger partial charge on any atom is 0.305 e. The fraction of sp³-hybridized carbons (Fsp3) is 0.880. The minimum Gasteiger partial charge on any atom is -0.469 e. The molecule has 4 fully saturated rings. The van der Waals surface area contributed by atoms with E-state index in [1.165, 1.54) is 7.11 Å². The number of fused-ring (bicyclic) bond motifs is 5. The summed E-state index contributed by atoms with van der Waals surface area (Å²) in [6.07, 6.45) is 6.19. The number of aliphatic hydroxyl groups is 1. The minimum absolute atomic E-state index is 0.0105. The van der Waals surface area contributed by atoms with Crippen LogP contribution in [0.4, 0.5) is 0 Å². The molecule has 0 aliphatic heterocycles. The van der Waals surface area contributed by atoms with Gasteiger partial charge in [-0.25, -0.2) is 0 Å². The van der Waals surface area contributed by atoms with E-state index >= 15 is 0 Å². The van der Waals surface area contributed by atoms with Gasteiger partial charge in [0.2, 0.25) is 0 Å². The van der Waals surface area contributed by atoms with Crippen LogP contribution in [0, 0.1) is 46.3 Å². The number of methoxy groups -OCH3 is 1. The summed E-state index contributed by atoms with van der Waals surface area (Å²) in [5.41, 5.74) is -0.465. The second-order valence-electron chi connectivity index (χ2n) is 11.2. The van der Waals surface area contributed by atoms with Crippen molar-refractivity contribution in [3.05, 3.63) is 0 Å². The molecule has 9 atom stereocenters. The first kappa shape index (κ1) is 22.0. The average Bonchev–Trinajstić information content (AvgIpc) is 3.06. The molecule has 4 saturated carbocycles. The molecule has 4 aliphatic rings. The number of Topliss-reactive ketones (excluding diaryl/α,β-unsaturated/α-hetero) is 2. The zero-order valence-corrected chi connectivity index (χ0v) is 19.0. The van der Waals surface area contributed by atoms with Crippen LogP contribution in [-0.2, 0) is 19.1 Å². The lowest BCUT2D eigenvalue weighted by atomic mass is 9.43. The van der Waals surface area contributed by atoms with E-state index in [0.29, 0.717) is 37.2 Å². The van der Waals surface area contributed by atoms with E-state index in [1.807, 2.05) is 0 Å². The SMILES string of the molecule is COC(=O)CC[C@@H](C)[C@H]1CC[C@H]2[C@@H]3C(=O)C[C@@H]4C[C@H](O)CC[C@]4(C)[C@H]3CC(=O)[C@]12C. The summed E-state index contributed by atoms with van der Waals surface area (Å²) < 4.78 is 4.80. The normalized spacial score (nSPS) is 46.6. The van der Waals surface area contributed by atoms with Gasteiger partial charge in [0, 0.05) is 30.6 Å². The number of esters is 1. The van der Waals surface area contributed by atoms with Crippen molar-refractivity contribution in [1.29, 1.82) is 0 Å². The molecule has 0 bridgehead atoms. The maximum atomic E-state index is 13.7. The van der Waals surface area contributed by atoms with E-state index in [1.54, 1.807) is 0 Å². The number of hydrogen-bond donors (Lipinski definition) is 1. The van der Waals surface area contributed by atoms with Crippen LogP contribution in [0.1, 0.15) is 78.6 Å². The summed E-state index contributed by atoms with van der Waals surface area (Å²) in [4.78, 5) is 38.7. The summed E-state index contributed by atoms with van der Waals surface area (Å²) in [6.45, 7) is 6.56. The number of ketones is 2. The first-order chi connectivity index (χ1) is 14.1. The summed E-state index contributed by atoms with van der Waals surface area (Å²) in [6, 6.07) is 0. The molecule has 4 rings (SSSR count). The van der Waals surface area contributed by atoms with Gasteiger partial charge < -0.3 is 9.84 Å². The number of ether oxygens (including phenoxy) is 1. The molecule has 168 valence electrons. The van der Waals surface area contributed by atoms with Crippen molar-refractivity contribution in [3.8, 4) is 0 Å². The zero-order valence-electron chi connectivity index (χ0n) is 19.0. The first-order valence-corrected chi connectivity index (χ1v) is 11.9. The molecule has 0 heterocycles. The molecular weight excluding hydrogens is 380 g/mol. The molecule has 0 radical (unpaired) electrons. The van der Waals surface area contributed by atoms with Gasteiger partial charge in [-0.1, -0.05) is 20.8 Å². The Kier molecular flexibility index (Phi) is 5.66. The van der Waals surface area contributed by atoms with Crippen LogP contribution < -0.4 is 0 Å². The highest BCUT2D eigenvalue weighted by Gasteiger charge is 2.66. The Balaban J connectivity index is 1.59. The summed E-state index contributed by atoms with van der Waals surface area (Å²) in [5.74, 6) is 1.42. The predicted octanol–water partition coefficient (Wildman–Crippen LogP) is 3.95. The fourth-order valence-corrected chi connectivity index (χ4v) is 8.22. The molecule has 5 heteroatoms. The topological polar surface area (TPSA) is 80.7 Å². The molecule has 0 unspecified atom stereocenters. The summed E-state index contributed by atoms with van der Waals surface area (Å²) in [5, 5.41) is 10.2. The molecular formula is C25H38O5. The molecule has 0 aromatic heterocycles. The van der Waals surface area contributed by atoms with Crippen molar-refractivity contribution >= 4 is 17.5 Å². The minimum atomic E-state index is -0.455. The summed E-state index contributed by atoms with van der Waals surface area (Å²) in [7, 11) is 1.41. The Morgan fingerprint density at radius 2 is 1.90 bits per heavy atom. The quantitative estimate of drug-likeness (QED) is 0.699. The average molecular weight is 419 g/mol. The van der Waals surface area contributed by atoms with Crippen LogP contribution in [0.2, 0.25) is 0 Å². The van der Waals surface area contributed by atoms with Crippen LogP contribution >= 0.6 is 0 Å². The smallest absolute Gasteiger partial charge is 0.305 e. The number of rotatable bonds is 4. The zero-order chi connectivity index (χ0) is 21.8.